The molecule has 80 valence electrons. The summed E-state index contributed by atoms with van der Waals surface area (Å²) in [7, 11) is 4.17. The van der Waals surface area contributed by atoms with Gasteiger partial charge in [-0.05, 0) is 40.0 Å². The van der Waals surface area contributed by atoms with Crippen molar-refractivity contribution in [2.45, 2.75) is 19.8 Å². The maximum atomic E-state index is 5.44. The fourth-order valence-corrected chi connectivity index (χ4v) is 1.03. The summed E-state index contributed by atoms with van der Waals surface area (Å²) < 4.78 is 5.44. The highest BCUT2D eigenvalue weighted by Gasteiger charge is 1.91. The molecular formula is C10H24N2O. The van der Waals surface area contributed by atoms with Crippen molar-refractivity contribution in [3.8, 4) is 0 Å². The molecule has 0 fully saturated rings. The van der Waals surface area contributed by atoms with Gasteiger partial charge >= 0.3 is 0 Å². The van der Waals surface area contributed by atoms with Crippen LogP contribution in [0.3, 0.4) is 0 Å². The van der Waals surface area contributed by atoms with Crippen LogP contribution in [-0.4, -0.2) is 51.8 Å². The van der Waals surface area contributed by atoms with Crippen molar-refractivity contribution in [2.75, 3.05) is 46.9 Å². The van der Waals surface area contributed by atoms with Crippen LogP contribution in [0.4, 0.5) is 0 Å². The summed E-state index contributed by atoms with van der Waals surface area (Å²) in [6.07, 6.45) is 2.32. The van der Waals surface area contributed by atoms with Gasteiger partial charge in [-0.15, -0.1) is 0 Å². The first kappa shape index (κ1) is 12.9. The average Bonchev–Trinajstić information content (AvgIpc) is 2.09. The molecule has 0 amide bonds. The molecule has 0 bridgehead atoms. The molecule has 0 aromatic carbocycles. The Labute approximate surface area is 82.4 Å². The average molecular weight is 188 g/mol. The van der Waals surface area contributed by atoms with Gasteiger partial charge in [0.05, 0.1) is 6.61 Å². The lowest BCUT2D eigenvalue weighted by atomic mass is 10.4. The Morgan fingerprint density at radius 3 is 2.54 bits per heavy atom. The quantitative estimate of drug-likeness (QED) is 0.545. The van der Waals surface area contributed by atoms with E-state index in [2.05, 4.69) is 31.2 Å². The van der Waals surface area contributed by atoms with Gasteiger partial charge in [0, 0.05) is 13.2 Å². The van der Waals surface area contributed by atoms with E-state index in [0.717, 1.165) is 39.3 Å². The molecule has 0 aromatic rings. The van der Waals surface area contributed by atoms with Crippen molar-refractivity contribution < 1.29 is 4.74 Å². The normalized spacial score (nSPS) is 11.1. The van der Waals surface area contributed by atoms with Crippen LogP contribution in [-0.2, 0) is 4.74 Å². The number of rotatable bonds is 9. The van der Waals surface area contributed by atoms with Crippen LogP contribution >= 0.6 is 0 Å². The van der Waals surface area contributed by atoms with Gasteiger partial charge in [0.2, 0.25) is 0 Å². The van der Waals surface area contributed by atoms with Crippen LogP contribution in [0.15, 0.2) is 0 Å². The summed E-state index contributed by atoms with van der Waals surface area (Å²) in [5.41, 5.74) is 0. The minimum Gasteiger partial charge on any atom is -0.380 e. The fraction of sp³-hybridized carbons (Fsp3) is 1.00. The van der Waals surface area contributed by atoms with Gasteiger partial charge in [0.1, 0.15) is 0 Å². The van der Waals surface area contributed by atoms with E-state index in [1.54, 1.807) is 0 Å². The van der Waals surface area contributed by atoms with Crippen molar-refractivity contribution in [2.24, 2.45) is 0 Å². The van der Waals surface area contributed by atoms with Gasteiger partial charge in [-0.2, -0.15) is 0 Å². The first-order valence-electron chi connectivity index (χ1n) is 5.20. The summed E-state index contributed by atoms with van der Waals surface area (Å²) in [4.78, 5) is 2.18. The van der Waals surface area contributed by atoms with Crippen molar-refractivity contribution in [1.29, 1.82) is 0 Å². The number of nitrogens with one attached hydrogen (secondary N) is 1. The van der Waals surface area contributed by atoms with Gasteiger partial charge in [-0.3, -0.25) is 0 Å². The number of ether oxygens (including phenoxy) is 1. The molecule has 0 unspecified atom stereocenters. The summed E-state index contributed by atoms with van der Waals surface area (Å²) >= 11 is 0. The molecule has 0 radical (unpaired) electrons. The van der Waals surface area contributed by atoms with E-state index in [4.69, 9.17) is 4.74 Å². The van der Waals surface area contributed by atoms with Gasteiger partial charge in [-0.25, -0.2) is 0 Å². The SMILES string of the molecule is CCCNCCOCCCN(C)C. The lowest BCUT2D eigenvalue weighted by Crippen LogP contribution is -2.21. The molecular weight excluding hydrogens is 164 g/mol. The van der Waals surface area contributed by atoms with E-state index >= 15 is 0 Å². The van der Waals surface area contributed by atoms with Crippen LogP contribution < -0.4 is 5.32 Å². The highest BCUT2D eigenvalue weighted by atomic mass is 16.5. The number of hydrogen-bond donors (Lipinski definition) is 1. The molecule has 3 nitrogen and oxygen atoms in total. The molecule has 13 heavy (non-hydrogen) atoms. The monoisotopic (exact) mass is 188 g/mol. The predicted molar refractivity (Wildman–Crippen MR) is 57.2 cm³/mol. The van der Waals surface area contributed by atoms with E-state index in [0.29, 0.717) is 0 Å². The summed E-state index contributed by atoms with van der Waals surface area (Å²) in [5, 5.41) is 3.30. The highest BCUT2D eigenvalue weighted by molar-refractivity contribution is 4.45. The largest absolute Gasteiger partial charge is 0.380 e. The van der Waals surface area contributed by atoms with Crippen molar-refractivity contribution in [1.82, 2.24) is 10.2 Å². The third-order valence-corrected chi connectivity index (χ3v) is 1.74. The molecule has 0 rings (SSSR count). The van der Waals surface area contributed by atoms with Crippen molar-refractivity contribution in [3.05, 3.63) is 0 Å². The Morgan fingerprint density at radius 1 is 1.15 bits per heavy atom. The fourth-order valence-electron chi connectivity index (χ4n) is 1.03. The van der Waals surface area contributed by atoms with E-state index in [9.17, 15) is 0 Å². The van der Waals surface area contributed by atoms with Crippen LogP contribution in [0.1, 0.15) is 19.8 Å². The zero-order chi connectivity index (χ0) is 9.94. The van der Waals surface area contributed by atoms with Gasteiger partial charge in [-0.1, -0.05) is 6.92 Å². The summed E-state index contributed by atoms with van der Waals surface area (Å²) in [6, 6.07) is 0. The van der Waals surface area contributed by atoms with Crippen molar-refractivity contribution >= 4 is 0 Å². The van der Waals surface area contributed by atoms with Crippen LogP contribution in [0, 0.1) is 0 Å². The molecule has 0 saturated carbocycles. The van der Waals surface area contributed by atoms with Gasteiger partial charge in [0.15, 0.2) is 0 Å². The van der Waals surface area contributed by atoms with Crippen LogP contribution in [0.5, 0.6) is 0 Å². The smallest absolute Gasteiger partial charge is 0.0590 e. The maximum absolute atomic E-state index is 5.44. The second kappa shape index (κ2) is 9.96. The Hall–Kier alpha value is -0.120. The zero-order valence-corrected chi connectivity index (χ0v) is 9.31. The first-order valence-corrected chi connectivity index (χ1v) is 5.20. The molecule has 0 aromatic heterocycles. The van der Waals surface area contributed by atoms with Crippen LogP contribution in [0.2, 0.25) is 0 Å². The Balaban J connectivity index is 2.84. The Bertz CT molecular complexity index is 96.9. The molecule has 1 N–H and O–H groups in total. The second-order valence-electron chi connectivity index (χ2n) is 3.52. The third kappa shape index (κ3) is 11.9. The molecule has 0 spiro atoms. The van der Waals surface area contributed by atoms with E-state index in [1.807, 2.05) is 0 Å². The molecule has 3 heteroatoms. The minimum absolute atomic E-state index is 0.841. The third-order valence-electron chi connectivity index (χ3n) is 1.74. The topological polar surface area (TPSA) is 24.5 Å². The van der Waals surface area contributed by atoms with Crippen molar-refractivity contribution in [3.63, 3.8) is 0 Å². The summed E-state index contributed by atoms with van der Waals surface area (Å²) in [6.45, 7) is 7.09. The molecule has 0 aliphatic rings. The zero-order valence-electron chi connectivity index (χ0n) is 9.31. The lowest BCUT2D eigenvalue weighted by Gasteiger charge is -2.09. The first-order chi connectivity index (χ1) is 6.27. The van der Waals surface area contributed by atoms with E-state index in [-0.39, 0.29) is 0 Å². The Kier molecular flexibility index (Phi) is 9.87. The molecule has 0 heterocycles. The van der Waals surface area contributed by atoms with E-state index < -0.39 is 0 Å². The molecule has 0 atom stereocenters. The van der Waals surface area contributed by atoms with Gasteiger partial charge in [0.25, 0.3) is 0 Å². The molecule has 0 aliphatic heterocycles. The predicted octanol–water partition coefficient (Wildman–Crippen LogP) is 0.954. The number of nitrogens with zero attached hydrogens (tertiary/aromatic N) is 1. The minimum atomic E-state index is 0.841. The van der Waals surface area contributed by atoms with Gasteiger partial charge < -0.3 is 15.0 Å². The molecule has 0 aliphatic carbocycles. The Morgan fingerprint density at radius 2 is 1.92 bits per heavy atom. The van der Waals surface area contributed by atoms with E-state index in [1.165, 1.54) is 6.42 Å². The highest BCUT2D eigenvalue weighted by Crippen LogP contribution is 1.84. The van der Waals surface area contributed by atoms with Crippen LogP contribution in [0.25, 0.3) is 0 Å². The standard InChI is InChI=1S/C10H24N2O/c1-4-6-11-7-10-13-9-5-8-12(2)3/h11H,4-10H2,1-3H3. The molecule has 0 saturated heterocycles. The number of hydrogen-bond acceptors (Lipinski definition) is 3. The summed E-state index contributed by atoms with van der Waals surface area (Å²) in [5.74, 6) is 0. The second-order valence-corrected chi connectivity index (χ2v) is 3.52. The maximum Gasteiger partial charge on any atom is 0.0590 e. The lowest BCUT2D eigenvalue weighted by molar-refractivity contribution is 0.127.